The van der Waals surface area contributed by atoms with E-state index in [-0.39, 0.29) is 11.3 Å². The highest BCUT2D eigenvalue weighted by Crippen LogP contribution is 2.50. The van der Waals surface area contributed by atoms with Crippen molar-refractivity contribution in [1.29, 1.82) is 0 Å². The van der Waals surface area contributed by atoms with Crippen molar-refractivity contribution in [2.45, 2.75) is 24.7 Å². The number of methoxy groups -OCH3 is 1. The second kappa shape index (κ2) is 4.97. The summed E-state index contributed by atoms with van der Waals surface area (Å²) in [6, 6.07) is 4.07. The van der Waals surface area contributed by atoms with E-state index in [2.05, 4.69) is 11.4 Å². The molecule has 4 heteroatoms. The van der Waals surface area contributed by atoms with Gasteiger partial charge in [-0.3, -0.25) is 4.79 Å². The molecule has 0 atom stereocenters. The van der Waals surface area contributed by atoms with E-state index in [1.165, 1.54) is 4.88 Å². The van der Waals surface area contributed by atoms with Gasteiger partial charge in [-0.25, -0.2) is 0 Å². The van der Waals surface area contributed by atoms with Crippen LogP contribution in [0.1, 0.15) is 24.1 Å². The Balaban J connectivity index is 1.85. The molecule has 1 saturated carbocycles. The van der Waals surface area contributed by atoms with Gasteiger partial charge >= 0.3 is 0 Å². The number of carbonyl (C=O) groups is 1. The molecule has 0 aromatic carbocycles. The lowest BCUT2D eigenvalue weighted by atomic mass is 10.0. The molecule has 0 bridgehead atoms. The van der Waals surface area contributed by atoms with Gasteiger partial charge in [0.25, 0.3) is 0 Å². The second-order valence-corrected chi connectivity index (χ2v) is 5.11. The second-order valence-electron chi connectivity index (χ2n) is 4.16. The summed E-state index contributed by atoms with van der Waals surface area (Å²) in [7, 11) is 1.68. The van der Waals surface area contributed by atoms with Gasteiger partial charge in [0.15, 0.2) is 0 Å². The molecule has 1 amide bonds. The van der Waals surface area contributed by atoms with Crippen LogP contribution in [0.15, 0.2) is 17.5 Å². The van der Waals surface area contributed by atoms with Gasteiger partial charge in [-0.2, -0.15) is 0 Å². The highest BCUT2D eigenvalue weighted by Gasteiger charge is 2.51. The molecule has 88 valence electrons. The molecule has 1 N–H and O–H groups in total. The Hall–Kier alpha value is -0.870. The summed E-state index contributed by atoms with van der Waals surface area (Å²) in [5, 5.41) is 5.03. The average Bonchev–Trinajstić information content (AvgIpc) is 2.93. The van der Waals surface area contributed by atoms with Crippen LogP contribution < -0.4 is 5.32 Å². The van der Waals surface area contributed by atoms with Crippen molar-refractivity contribution in [2.24, 2.45) is 0 Å². The van der Waals surface area contributed by atoms with E-state index in [1.54, 1.807) is 18.4 Å². The molecule has 2 rings (SSSR count). The van der Waals surface area contributed by atoms with Crippen LogP contribution in [0.5, 0.6) is 0 Å². The Bertz CT molecular complexity index is 344. The predicted octanol–water partition coefficient (Wildman–Crippen LogP) is 1.93. The normalized spacial score (nSPS) is 17.1. The number of carbonyl (C=O) groups excluding carboxylic acids is 1. The lowest BCUT2D eigenvalue weighted by Crippen LogP contribution is -2.35. The maximum absolute atomic E-state index is 12.0. The van der Waals surface area contributed by atoms with Crippen LogP contribution in [0.2, 0.25) is 0 Å². The van der Waals surface area contributed by atoms with Crippen molar-refractivity contribution < 1.29 is 9.53 Å². The molecule has 0 unspecified atom stereocenters. The number of hydrogen-bond donors (Lipinski definition) is 1. The number of rotatable bonds is 6. The first-order valence-electron chi connectivity index (χ1n) is 5.61. The fourth-order valence-corrected chi connectivity index (χ4v) is 2.83. The number of hydrogen-bond acceptors (Lipinski definition) is 3. The van der Waals surface area contributed by atoms with Gasteiger partial charge in [-0.1, -0.05) is 6.07 Å². The molecule has 1 aliphatic carbocycles. The Morgan fingerprint density at radius 2 is 2.44 bits per heavy atom. The molecule has 0 radical (unpaired) electrons. The van der Waals surface area contributed by atoms with E-state index in [1.807, 2.05) is 11.4 Å². The Labute approximate surface area is 99.8 Å². The topological polar surface area (TPSA) is 38.3 Å². The third-order valence-electron chi connectivity index (χ3n) is 2.99. The van der Waals surface area contributed by atoms with Crippen molar-refractivity contribution in [1.82, 2.24) is 5.32 Å². The van der Waals surface area contributed by atoms with Gasteiger partial charge in [-0.05, 0) is 30.7 Å². The Morgan fingerprint density at radius 3 is 3.00 bits per heavy atom. The first-order valence-corrected chi connectivity index (χ1v) is 6.49. The molecule has 0 saturated heterocycles. The summed E-state index contributed by atoms with van der Waals surface area (Å²) in [4.78, 5) is 13.2. The zero-order valence-corrected chi connectivity index (χ0v) is 10.3. The summed E-state index contributed by atoms with van der Waals surface area (Å²) in [5.41, 5.74) is -0.193. The molecule has 3 nitrogen and oxygen atoms in total. The highest BCUT2D eigenvalue weighted by atomic mass is 32.1. The van der Waals surface area contributed by atoms with Crippen molar-refractivity contribution in [3.8, 4) is 0 Å². The van der Waals surface area contributed by atoms with Gasteiger partial charge in [-0.15, -0.1) is 11.3 Å². The monoisotopic (exact) mass is 239 g/mol. The lowest BCUT2D eigenvalue weighted by Gasteiger charge is -2.13. The van der Waals surface area contributed by atoms with Crippen LogP contribution >= 0.6 is 11.3 Å². The highest BCUT2D eigenvalue weighted by molar-refractivity contribution is 7.10. The predicted molar refractivity (Wildman–Crippen MR) is 64.7 cm³/mol. The SMILES string of the molecule is COCCCNC(=O)C1(c2cccs2)CC1. The zero-order chi connectivity index (χ0) is 11.4. The Morgan fingerprint density at radius 1 is 1.62 bits per heavy atom. The minimum absolute atomic E-state index is 0.186. The number of ether oxygens (including phenoxy) is 1. The van der Waals surface area contributed by atoms with E-state index >= 15 is 0 Å². The van der Waals surface area contributed by atoms with Gasteiger partial charge < -0.3 is 10.1 Å². The van der Waals surface area contributed by atoms with Crippen molar-refractivity contribution in [3.63, 3.8) is 0 Å². The lowest BCUT2D eigenvalue weighted by molar-refractivity contribution is -0.123. The van der Waals surface area contributed by atoms with Gasteiger partial charge in [0, 0.05) is 25.1 Å². The van der Waals surface area contributed by atoms with E-state index in [0.717, 1.165) is 19.3 Å². The molecule has 1 aromatic rings. The first kappa shape index (κ1) is 11.6. The number of thiophene rings is 1. The van der Waals surface area contributed by atoms with E-state index in [9.17, 15) is 4.79 Å². The third-order valence-corrected chi connectivity index (χ3v) is 4.06. The summed E-state index contributed by atoms with van der Waals surface area (Å²) in [6.07, 6.45) is 2.86. The first-order chi connectivity index (χ1) is 7.79. The summed E-state index contributed by atoms with van der Waals surface area (Å²) >= 11 is 1.68. The smallest absolute Gasteiger partial charge is 0.231 e. The molecule has 1 aliphatic rings. The van der Waals surface area contributed by atoms with Crippen molar-refractivity contribution >= 4 is 17.2 Å². The van der Waals surface area contributed by atoms with Gasteiger partial charge in [0.2, 0.25) is 5.91 Å². The van der Waals surface area contributed by atoms with Crippen LogP contribution in [-0.2, 0) is 14.9 Å². The number of nitrogens with one attached hydrogen (secondary N) is 1. The van der Waals surface area contributed by atoms with Gasteiger partial charge in [0.1, 0.15) is 0 Å². The minimum atomic E-state index is -0.193. The fraction of sp³-hybridized carbons (Fsp3) is 0.583. The fourth-order valence-electron chi connectivity index (χ4n) is 1.85. The summed E-state index contributed by atoms with van der Waals surface area (Å²) in [6.45, 7) is 1.41. The largest absolute Gasteiger partial charge is 0.385 e. The molecule has 1 aromatic heterocycles. The van der Waals surface area contributed by atoms with Crippen LogP contribution in [0.3, 0.4) is 0 Å². The van der Waals surface area contributed by atoms with Crippen LogP contribution in [0, 0.1) is 0 Å². The average molecular weight is 239 g/mol. The van der Waals surface area contributed by atoms with Crippen molar-refractivity contribution in [2.75, 3.05) is 20.3 Å². The quantitative estimate of drug-likeness (QED) is 0.770. The molecule has 16 heavy (non-hydrogen) atoms. The molecule has 1 fully saturated rings. The van der Waals surface area contributed by atoms with Crippen molar-refractivity contribution in [3.05, 3.63) is 22.4 Å². The molecule has 0 spiro atoms. The summed E-state index contributed by atoms with van der Waals surface area (Å²) < 4.78 is 4.95. The summed E-state index contributed by atoms with van der Waals surface area (Å²) in [5.74, 6) is 0.186. The molecule has 0 aliphatic heterocycles. The standard InChI is InChI=1S/C12H17NO2S/c1-15-8-3-7-13-11(14)12(5-6-12)10-4-2-9-16-10/h2,4,9H,3,5-8H2,1H3,(H,13,14). The minimum Gasteiger partial charge on any atom is -0.385 e. The third kappa shape index (κ3) is 2.28. The molecular formula is C12H17NO2S. The van der Waals surface area contributed by atoms with E-state index < -0.39 is 0 Å². The van der Waals surface area contributed by atoms with Crippen LogP contribution in [-0.4, -0.2) is 26.2 Å². The van der Waals surface area contributed by atoms with E-state index in [0.29, 0.717) is 13.2 Å². The Kier molecular flexibility index (Phi) is 3.61. The maximum atomic E-state index is 12.0. The molecule has 1 heterocycles. The van der Waals surface area contributed by atoms with Gasteiger partial charge in [0.05, 0.1) is 5.41 Å². The van der Waals surface area contributed by atoms with Crippen LogP contribution in [0.25, 0.3) is 0 Å². The van der Waals surface area contributed by atoms with Crippen LogP contribution in [0.4, 0.5) is 0 Å². The molecular weight excluding hydrogens is 222 g/mol. The van der Waals surface area contributed by atoms with E-state index in [4.69, 9.17) is 4.74 Å². The maximum Gasteiger partial charge on any atom is 0.231 e. The zero-order valence-electron chi connectivity index (χ0n) is 9.49. The number of amides is 1.